The van der Waals surface area contributed by atoms with Crippen LogP contribution in [0.4, 0.5) is 5.69 Å². The molecule has 2 atom stereocenters. The summed E-state index contributed by atoms with van der Waals surface area (Å²) in [6.45, 7) is 2.01. The van der Waals surface area contributed by atoms with E-state index in [1.807, 2.05) is 6.92 Å². The van der Waals surface area contributed by atoms with Crippen molar-refractivity contribution in [1.29, 1.82) is 0 Å². The van der Waals surface area contributed by atoms with E-state index < -0.39 is 5.97 Å². The molecule has 5 heteroatoms. The van der Waals surface area contributed by atoms with Crippen LogP contribution in [-0.2, 0) is 0 Å². The van der Waals surface area contributed by atoms with Crippen molar-refractivity contribution in [3.63, 3.8) is 0 Å². The SMILES string of the molecule is CC1Nc2cc(C(=O)O)ccc2OC1CCO. The Morgan fingerprint density at radius 3 is 2.94 bits per heavy atom. The Bertz CT molecular complexity index is 433. The predicted octanol–water partition coefficient (Wildman–Crippen LogP) is 1.33. The lowest BCUT2D eigenvalue weighted by Crippen LogP contribution is -2.39. The van der Waals surface area contributed by atoms with Crippen LogP contribution in [0, 0.1) is 0 Å². The van der Waals surface area contributed by atoms with Crippen LogP contribution in [0.3, 0.4) is 0 Å². The Hall–Kier alpha value is -1.75. The second kappa shape index (κ2) is 4.63. The van der Waals surface area contributed by atoms with E-state index in [1.165, 1.54) is 6.07 Å². The highest BCUT2D eigenvalue weighted by atomic mass is 16.5. The molecule has 2 rings (SSSR count). The molecule has 0 saturated heterocycles. The van der Waals surface area contributed by atoms with Gasteiger partial charge >= 0.3 is 5.97 Å². The first-order chi connectivity index (χ1) is 8.11. The van der Waals surface area contributed by atoms with Gasteiger partial charge in [-0.2, -0.15) is 0 Å². The van der Waals surface area contributed by atoms with E-state index in [0.29, 0.717) is 17.9 Å². The van der Waals surface area contributed by atoms with Crippen LogP contribution < -0.4 is 10.1 Å². The van der Waals surface area contributed by atoms with Crippen molar-refractivity contribution in [2.24, 2.45) is 0 Å². The molecule has 1 heterocycles. The molecule has 1 aromatic rings. The second-order valence-corrected chi connectivity index (χ2v) is 4.12. The molecule has 0 radical (unpaired) electrons. The predicted molar refractivity (Wildman–Crippen MR) is 62.6 cm³/mol. The monoisotopic (exact) mass is 237 g/mol. The average molecular weight is 237 g/mol. The van der Waals surface area contributed by atoms with Gasteiger partial charge < -0.3 is 20.3 Å². The molecule has 1 aliphatic rings. The fraction of sp³-hybridized carbons (Fsp3) is 0.417. The summed E-state index contributed by atoms with van der Waals surface area (Å²) in [6, 6.07) is 4.75. The zero-order chi connectivity index (χ0) is 12.4. The largest absolute Gasteiger partial charge is 0.486 e. The third kappa shape index (κ3) is 2.34. The van der Waals surface area contributed by atoms with Crippen molar-refractivity contribution >= 4 is 11.7 Å². The van der Waals surface area contributed by atoms with E-state index in [0.717, 1.165) is 0 Å². The van der Waals surface area contributed by atoms with Gasteiger partial charge in [0.15, 0.2) is 0 Å². The molecule has 92 valence electrons. The minimum atomic E-state index is -0.959. The Morgan fingerprint density at radius 2 is 2.29 bits per heavy atom. The number of aliphatic hydroxyl groups is 1. The van der Waals surface area contributed by atoms with Crippen LogP contribution in [-0.4, -0.2) is 34.9 Å². The maximum Gasteiger partial charge on any atom is 0.335 e. The molecule has 0 spiro atoms. The van der Waals surface area contributed by atoms with E-state index in [4.69, 9.17) is 14.9 Å². The number of hydrogen-bond acceptors (Lipinski definition) is 4. The fourth-order valence-electron chi connectivity index (χ4n) is 1.92. The van der Waals surface area contributed by atoms with Gasteiger partial charge in [0.1, 0.15) is 11.9 Å². The molecule has 0 saturated carbocycles. The van der Waals surface area contributed by atoms with Gasteiger partial charge in [0.25, 0.3) is 0 Å². The van der Waals surface area contributed by atoms with E-state index in [-0.39, 0.29) is 24.3 Å². The third-order valence-electron chi connectivity index (χ3n) is 2.86. The van der Waals surface area contributed by atoms with E-state index in [1.54, 1.807) is 12.1 Å². The van der Waals surface area contributed by atoms with Gasteiger partial charge in [-0.25, -0.2) is 4.79 Å². The summed E-state index contributed by atoms with van der Waals surface area (Å²) in [5.41, 5.74) is 0.916. The number of carboxylic acid groups (broad SMARTS) is 1. The second-order valence-electron chi connectivity index (χ2n) is 4.12. The highest BCUT2D eigenvalue weighted by molar-refractivity contribution is 5.89. The molecule has 5 nitrogen and oxygen atoms in total. The summed E-state index contributed by atoms with van der Waals surface area (Å²) in [5, 5.41) is 21.0. The first-order valence-electron chi connectivity index (χ1n) is 5.53. The number of carbonyl (C=O) groups is 1. The van der Waals surface area contributed by atoms with Crippen molar-refractivity contribution in [3.8, 4) is 5.75 Å². The van der Waals surface area contributed by atoms with Crippen molar-refractivity contribution in [2.75, 3.05) is 11.9 Å². The summed E-state index contributed by atoms with van der Waals surface area (Å²) >= 11 is 0. The lowest BCUT2D eigenvalue weighted by Gasteiger charge is -2.32. The number of ether oxygens (including phenoxy) is 1. The normalized spacial score (nSPS) is 22.2. The Labute approximate surface area is 99.0 Å². The van der Waals surface area contributed by atoms with Crippen molar-refractivity contribution in [1.82, 2.24) is 0 Å². The first kappa shape index (κ1) is 11.7. The van der Waals surface area contributed by atoms with E-state index in [9.17, 15) is 4.79 Å². The Morgan fingerprint density at radius 1 is 1.53 bits per heavy atom. The number of fused-ring (bicyclic) bond motifs is 1. The van der Waals surface area contributed by atoms with Gasteiger partial charge in [-0.05, 0) is 25.1 Å². The smallest absolute Gasteiger partial charge is 0.335 e. The summed E-state index contributed by atoms with van der Waals surface area (Å²) in [4.78, 5) is 10.8. The standard InChI is InChI=1S/C12H15NO4/c1-7-10(4-5-14)17-11-3-2-8(12(15)16)6-9(11)13-7/h2-3,6-7,10,13-14H,4-5H2,1H3,(H,15,16). The summed E-state index contributed by atoms with van der Waals surface area (Å²) < 4.78 is 5.70. The molecule has 0 bridgehead atoms. The number of benzene rings is 1. The number of rotatable bonds is 3. The van der Waals surface area contributed by atoms with Crippen molar-refractivity contribution < 1.29 is 19.7 Å². The zero-order valence-electron chi connectivity index (χ0n) is 9.51. The van der Waals surface area contributed by atoms with Gasteiger partial charge in [0.05, 0.1) is 17.3 Å². The Kier molecular flexibility index (Phi) is 3.19. The molecule has 0 fully saturated rings. The molecule has 3 N–H and O–H groups in total. The number of aromatic carboxylic acids is 1. The van der Waals surface area contributed by atoms with Gasteiger partial charge in [0, 0.05) is 13.0 Å². The molecule has 1 aromatic carbocycles. The lowest BCUT2D eigenvalue weighted by molar-refractivity contribution is 0.0696. The number of carboxylic acids is 1. The molecule has 0 aromatic heterocycles. The quantitative estimate of drug-likeness (QED) is 0.739. The number of hydrogen-bond donors (Lipinski definition) is 3. The van der Waals surface area contributed by atoms with Gasteiger partial charge in [-0.1, -0.05) is 0 Å². The van der Waals surface area contributed by atoms with Gasteiger partial charge in [-0.15, -0.1) is 0 Å². The van der Waals surface area contributed by atoms with Gasteiger partial charge in [-0.3, -0.25) is 0 Å². The van der Waals surface area contributed by atoms with Crippen LogP contribution in [0.15, 0.2) is 18.2 Å². The van der Waals surface area contributed by atoms with Gasteiger partial charge in [0.2, 0.25) is 0 Å². The number of nitrogens with one attached hydrogen (secondary N) is 1. The molecular formula is C12H15NO4. The van der Waals surface area contributed by atoms with Crippen LogP contribution in [0.1, 0.15) is 23.7 Å². The highest BCUT2D eigenvalue weighted by Gasteiger charge is 2.26. The zero-order valence-corrected chi connectivity index (χ0v) is 9.51. The maximum atomic E-state index is 10.8. The molecule has 17 heavy (non-hydrogen) atoms. The lowest BCUT2D eigenvalue weighted by atomic mass is 10.1. The molecule has 0 aliphatic carbocycles. The van der Waals surface area contributed by atoms with Crippen LogP contribution in [0.2, 0.25) is 0 Å². The van der Waals surface area contributed by atoms with Crippen LogP contribution in [0.5, 0.6) is 5.75 Å². The van der Waals surface area contributed by atoms with E-state index in [2.05, 4.69) is 5.32 Å². The fourth-order valence-corrected chi connectivity index (χ4v) is 1.92. The number of anilines is 1. The third-order valence-corrected chi connectivity index (χ3v) is 2.86. The maximum absolute atomic E-state index is 10.8. The molecule has 0 amide bonds. The Balaban J connectivity index is 2.25. The molecule has 2 unspecified atom stereocenters. The van der Waals surface area contributed by atoms with Crippen LogP contribution >= 0.6 is 0 Å². The topological polar surface area (TPSA) is 78.8 Å². The average Bonchev–Trinajstić information content (AvgIpc) is 2.29. The van der Waals surface area contributed by atoms with Crippen LogP contribution in [0.25, 0.3) is 0 Å². The first-order valence-corrected chi connectivity index (χ1v) is 5.53. The summed E-state index contributed by atoms with van der Waals surface area (Å²) in [6.07, 6.45) is 0.456. The molecule has 1 aliphatic heterocycles. The van der Waals surface area contributed by atoms with Crippen molar-refractivity contribution in [2.45, 2.75) is 25.5 Å². The molecular weight excluding hydrogens is 222 g/mol. The summed E-state index contributed by atoms with van der Waals surface area (Å²) in [5.74, 6) is -0.328. The van der Waals surface area contributed by atoms with Crippen molar-refractivity contribution in [3.05, 3.63) is 23.8 Å². The minimum absolute atomic E-state index is 0.0405. The highest BCUT2D eigenvalue weighted by Crippen LogP contribution is 2.32. The number of aliphatic hydroxyl groups excluding tert-OH is 1. The van der Waals surface area contributed by atoms with E-state index >= 15 is 0 Å². The minimum Gasteiger partial charge on any atom is -0.486 e. The summed E-state index contributed by atoms with van der Waals surface area (Å²) in [7, 11) is 0.